The quantitative estimate of drug-likeness (QED) is 0.868. The van der Waals surface area contributed by atoms with E-state index in [1.807, 2.05) is 0 Å². The molecule has 1 heterocycles. The predicted octanol–water partition coefficient (Wildman–Crippen LogP) is 1.23. The van der Waals surface area contributed by atoms with Crippen molar-refractivity contribution in [3.05, 3.63) is 35.9 Å². The highest BCUT2D eigenvalue weighted by Gasteiger charge is 2.28. The largest absolute Gasteiger partial charge is 0.395 e. The zero-order chi connectivity index (χ0) is 13.0. The highest BCUT2D eigenvalue weighted by molar-refractivity contribution is 5.15. The summed E-state index contributed by atoms with van der Waals surface area (Å²) < 4.78 is 0. The van der Waals surface area contributed by atoms with E-state index in [0.717, 1.165) is 26.1 Å². The third-order valence-electron chi connectivity index (χ3n) is 4.01. The number of nitrogens with zero attached hydrogens (tertiary/aromatic N) is 2. The van der Waals surface area contributed by atoms with Gasteiger partial charge in [-0.25, -0.2) is 0 Å². The van der Waals surface area contributed by atoms with Gasteiger partial charge in [0.2, 0.25) is 0 Å². The molecule has 0 radical (unpaired) electrons. The number of aliphatic hydroxyl groups excluding tert-OH is 1. The van der Waals surface area contributed by atoms with Crippen LogP contribution in [0.15, 0.2) is 30.3 Å². The molecular formula is C15H24N2O. The molecule has 1 aromatic rings. The smallest absolute Gasteiger partial charge is 0.0599 e. The minimum absolute atomic E-state index is 0.256. The lowest BCUT2D eigenvalue weighted by Gasteiger charge is -2.43. The van der Waals surface area contributed by atoms with E-state index in [1.54, 1.807) is 0 Å². The Hall–Kier alpha value is -0.900. The van der Waals surface area contributed by atoms with Crippen molar-refractivity contribution >= 4 is 0 Å². The first-order chi connectivity index (χ1) is 8.70. The van der Waals surface area contributed by atoms with E-state index in [2.05, 4.69) is 54.1 Å². The van der Waals surface area contributed by atoms with E-state index in [4.69, 9.17) is 0 Å². The molecule has 1 aliphatic heterocycles. The summed E-state index contributed by atoms with van der Waals surface area (Å²) in [5.41, 5.74) is 1.38. The fourth-order valence-corrected chi connectivity index (χ4v) is 2.62. The van der Waals surface area contributed by atoms with Crippen molar-refractivity contribution < 1.29 is 5.11 Å². The first-order valence-electron chi connectivity index (χ1n) is 6.79. The third kappa shape index (κ3) is 3.31. The van der Waals surface area contributed by atoms with Gasteiger partial charge in [-0.1, -0.05) is 30.3 Å². The summed E-state index contributed by atoms with van der Waals surface area (Å²) in [6.45, 7) is 5.56. The number of piperazine rings is 1. The molecule has 1 fully saturated rings. The normalized spacial score (nSPS) is 26.4. The molecule has 0 spiro atoms. The highest BCUT2D eigenvalue weighted by Crippen LogP contribution is 2.14. The molecule has 0 bridgehead atoms. The van der Waals surface area contributed by atoms with Crippen molar-refractivity contribution in [1.29, 1.82) is 0 Å². The van der Waals surface area contributed by atoms with Crippen molar-refractivity contribution in [2.45, 2.75) is 25.4 Å². The minimum atomic E-state index is 0.256. The Morgan fingerprint density at radius 1 is 1.22 bits per heavy atom. The third-order valence-corrected chi connectivity index (χ3v) is 4.01. The van der Waals surface area contributed by atoms with Crippen LogP contribution < -0.4 is 0 Å². The van der Waals surface area contributed by atoms with E-state index in [0.29, 0.717) is 6.04 Å². The zero-order valence-corrected chi connectivity index (χ0v) is 11.4. The second-order valence-corrected chi connectivity index (χ2v) is 5.36. The number of rotatable bonds is 4. The van der Waals surface area contributed by atoms with E-state index in [-0.39, 0.29) is 12.6 Å². The number of likely N-dealkylation sites (N-methyl/N-ethyl adjacent to an activating group) is 1. The van der Waals surface area contributed by atoms with Gasteiger partial charge < -0.3 is 10.0 Å². The van der Waals surface area contributed by atoms with Gasteiger partial charge in [0.15, 0.2) is 0 Å². The fraction of sp³-hybridized carbons (Fsp3) is 0.600. The van der Waals surface area contributed by atoms with E-state index >= 15 is 0 Å². The molecule has 2 atom stereocenters. The van der Waals surface area contributed by atoms with Crippen molar-refractivity contribution in [2.75, 3.05) is 33.3 Å². The highest BCUT2D eigenvalue weighted by atomic mass is 16.3. The van der Waals surface area contributed by atoms with Crippen molar-refractivity contribution in [3.63, 3.8) is 0 Å². The lowest BCUT2D eigenvalue weighted by atomic mass is 10.1. The monoisotopic (exact) mass is 248 g/mol. The number of aliphatic hydroxyl groups is 1. The van der Waals surface area contributed by atoms with Crippen LogP contribution in [0.4, 0.5) is 0 Å². The topological polar surface area (TPSA) is 26.7 Å². The Labute approximate surface area is 110 Å². The van der Waals surface area contributed by atoms with Gasteiger partial charge in [-0.2, -0.15) is 0 Å². The first kappa shape index (κ1) is 13.5. The molecule has 3 heteroatoms. The van der Waals surface area contributed by atoms with E-state index in [9.17, 15) is 5.11 Å². The maximum atomic E-state index is 9.49. The summed E-state index contributed by atoms with van der Waals surface area (Å²) >= 11 is 0. The van der Waals surface area contributed by atoms with E-state index < -0.39 is 0 Å². The first-order valence-corrected chi connectivity index (χ1v) is 6.79. The number of benzene rings is 1. The molecule has 1 aliphatic rings. The van der Waals surface area contributed by atoms with Crippen LogP contribution in [-0.2, 0) is 6.42 Å². The lowest BCUT2D eigenvalue weighted by Crippen LogP contribution is -2.57. The predicted molar refractivity (Wildman–Crippen MR) is 74.7 cm³/mol. The summed E-state index contributed by atoms with van der Waals surface area (Å²) in [5.74, 6) is 0. The van der Waals surface area contributed by atoms with Crippen LogP contribution in [0.3, 0.4) is 0 Å². The van der Waals surface area contributed by atoms with Crippen LogP contribution in [-0.4, -0.2) is 60.3 Å². The van der Waals surface area contributed by atoms with Crippen LogP contribution in [0, 0.1) is 0 Å². The molecule has 0 aliphatic carbocycles. The Bertz CT molecular complexity index is 355. The summed E-state index contributed by atoms with van der Waals surface area (Å²) in [6, 6.07) is 11.4. The van der Waals surface area contributed by atoms with Gasteiger partial charge in [-0.05, 0) is 26.0 Å². The van der Waals surface area contributed by atoms with Gasteiger partial charge in [0.25, 0.3) is 0 Å². The van der Waals surface area contributed by atoms with Crippen LogP contribution in [0.5, 0.6) is 0 Å². The average molecular weight is 248 g/mol. The summed E-state index contributed by atoms with van der Waals surface area (Å²) in [7, 11) is 2.14. The second kappa shape index (κ2) is 6.32. The minimum Gasteiger partial charge on any atom is -0.395 e. The maximum Gasteiger partial charge on any atom is 0.0599 e. The maximum absolute atomic E-state index is 9.49. The van der Waals surface area contributed by atoms with Crippen LogP contribution in [0.2, 0.25) is 0 Å². The average Bonchev–Trinajstić information content (AvgIpc) is 2.41. The summed E-state index contributed by atoms with van der Waals surface area (Å²) in [5, 5.41) is 9.49. The summed E-state index contributed by atoms with van der Waals surface area (Å²) in [4.78, 5) is 4.76. The Morgan fingerprint density at radius 2 is 1.94 bits per heavy atom. The van der Waals surface area contributed by atoms with E-state index in [1.165, 1.54) is 5.56 Å². The Morgan fingerprint density at radius 3 is 2.61 bits per heavy atom. The molecule has 1 N–H and O–H groups in total. The summed E-state index contributed by atoms with van der Waals surface area (Å²) in [6.07, 6.45) is 1.06. The standard InChI is InChI=1S/C15H24N2O/c1-13-10-17(15(12-18)11-16(13)2)9-8-14-6-4-3-5-7-14/h3-7,13,15,18H,8-12H2,1-2H3. The van der Waals surface area contributed by atoms with Crippen molar-refractivity contribution in [3.8, 4) is 0 Å². The molecule has 0 amide bonds. The van der Waals surface area contributed by atoms with Gasteiger partial charge in [0.1, 0.15) is 0 Å². The molecule has 100 valence electrons. The molecule has 1 saturated heterocycles. The molecule has 0 aromatic heterocycles. The molecule has 3 nitrogen and oxygen atoms in total. The van der Waals surface area contributed by atoms with Gasteiger partial charge in [-0.15, -0.1) is 0 Å². The molecule has 1 aromatic carbocycles. The van der Waals surface area contributed by atoms with Gasteiger partial charge in [0, 0.05) is 31.7 Å². The van der Waals surface area contributed by atoms with Gasteiger partial charge >= 0.3 is 0 Å². The van der Waals surface area contributed by atoms with Crippen LogP contribution in [0.1, 0.15) is 12.5 Å². The SMILES string of the molecule is CC1CN(CCc2ccccc2)C(CO)CN1C. The van der Waals surface area contributed by atoms with Gasteiger partial charge in [0.05, 0.1) is 6.61 Å². The van der Waals surface area contributed by atoms with Crippen molar-refractivity contribution in [2.24, 2.45) is 0 Å². The van der Waals surface area contributed by atoms with Crippen LogP contribution in [0.25, 0.3) is 0 Å². The molecule has 18 heavy (non-hydrogen) atoms. The second-order valence-electron chi connectivity index (χ2n) is 5.36. The number of hydrogen-bond donors (Lipinski definition) is 1. The molecule has 0 saturated carbocycles. The molecule has 2 rings (SSSR count). The Balaban J connectivity index is 1.91. The molecule has 2 unspecified atom stereocenters. The Kier molecular flexibility index (Phi) is 4.75. The lowest BCUT2D eigenvalue weighted by molar-refractivity contribution is 0.0232. The fourth-order valence-electron chi connectivity index (χ4n) is 2.62. The zero-order valence-electron chi connectivity index (χ0n) is 11.4. The van der Waals surface area contributed by atoms with Gasteiger partial charge in [-0.3, -0.25) is 4.90 Å². The molecular weight excluding hydrogens is 224 g/mol. The van der Waals surface area contributed by atoms with Crippen LogP contribution >= 0.6 is 0 Å². The number of hydrogen-bond acceptors (Lipinski definition) is 3. The van der Waals surface area contributed by atoms with Crippen molar-refractivity contribution in [1.82, 2.24) is 9.80 Å².